The highest BCUT2D eigenvalue weighted by Crippen LogP contribution is 2.43. The summed E-state index contributed by atoms with van der Waals surface area (Å²) in [5.41, 5.74) is 0.812. The average Bonchev–Trinajstić information content (AvgIpc) is 2.85. The van der Waals surface area contributed by atoms with Crippen molar-refractivity contribution in [1.82, 2.24) is 0 Å². The van der Waals surface area contributed by atoms with Gasteiger partial charge in [0.15, 0.2) is 0 Å². The number of hydrogen-bond acceptors (Lipinski definition) is 0. The van der Waals surface area contributed by atoms with Crippen LogP contribution in [0.4, 0.5) is 4.39 Å². The van der Waals surface area contributed by atoms with Crippen LogP contribution in [0.1, 0.15) is 31.2 Å². The highest BCUT2D eigenvalue weighted by Gasteiger charge is 2.30. The van der Waals surface area contributed by atoms with E-state index in [0.717, 1.165) is 5.56 Å². The quantitative estimate of drug-likeness (QED) is 0.674. The van der Waals surface area contributed by atoms with Crippen molar-refractivity contribution in [3.05, 3.63) is 34.6 Å². The Balaban J connectivity index is 2.28. The van der Waals surface area contributed by atoms with E-state index in [4.69, 9.17) is 11.6 Å². The van der Waals surface area contributed by atoms with Gasteiger partial charge in [-0.1, -0.05) is 24.6 Å². The van der Waals surface area contributed by atoms with Crippen molar-refractivity contribution < 1.29 is 4.39 Å². The number of benzene rings is 1. The Morgan fingerprint density at radius 1 is 1.46 bits per heavy atom. The fraction of sp³-hybridized carbons (Fsp3) is 0.455. The third-order valence-electron chi connectivity index (χ3n) is 2.78. The van der Waals surface area contributed by atoms with E-state index >= 15 is 0 Å². The summed E-state index contributed by atoms with van der Waals surface area (Å²) < 4.78 is 13.4. The van der Waals surface area contributed by atoms with Crippen LogP contribution in [-0.4, -0.2) is 0 Å². The normalized spacial score (nSPS) is 18.7. The molecule has 0 unspecified atom stereocenters. The third-order valence-corrected chi connectivity index (χ3v) is 3.02. The molecule has 70 valence electrons. The van der Waals surface area contributed by atoms with Gasteiger partial charge in [-0.3, -0.25) is 0 Å². The molecule has 1 aromatic rings. The van der Waals surface area contributed by atoms with Gasteiger partial charge in [-0.2, -0.15) is 0 Å². The summed E-state index contributed by atoms with van der Waals surface area (Å²) in [7, 11) is 0. The molecular formula is C11H12ClF. The maximum Gasteiger partial charge on any atom is 0.128 e. The number of rotatable bonds is 2. The van der Waals surface area contributed by atoms with Gasteiger partial charge < -0.3 is 0 Å². The largest absolute Gasteiger partial charge is 0.207 e. The van der Waals surface area contributed by atoms with Crippen LogP contribution >= 0.6 is 11.6 Å². The Kier molecular flexibility index (Phi) is 2.29. The van der Waals surface area contributed by atoms with E-state index in [0.29, 0.717) is 16.9 Å². The molecule has 1 aromatic carbocycles. The average molecular weight is 199 g/mol. The van der Waals surface area contributed by atoms with Crippen LogP contribution in [0.5, 0.6) is 0 Å². The summed E-state index contributed by atoms with van der Waals surface area (Å²) in [4.78, 5) is 0. The van der Waals surface area contributed by atoms with Crippen LogP contribution in [-0.2, 0) is 0 Å². The lowest BCUT2D eigenvalue weighted by Gasteiger charge is -2.11. The van der Waals surface area contributed by atoms with Crippen molar-refractivity contribution in [1.29, 1.82) is 0 Å². The second-order valence-electron chi connectivity index (χ2n) is 3.79. The highest BCUT2D eigenvalue weighted by atomic mass is 35.5. The molecule has 1 aliphatic carbocycles. The van der Waals surface area contributed by atoms with Crippen molar-refractivity contribution in [2.75, 3.05) is 0 Å². The van der Waals surface area contributed by atoms with Crippen LogP contribution < -0.4 is 0 Å². The molecule has 0 saturated heterocycles. The molecule has 13 heavy (non-hydrogen) atoms. The molecule has 0 aliphatic heterocycles. The lowest BCUT2D eigenvalue weighted by molar-refractivity contribution is 0.566. The monoisotopic (exact) mass is 198 g/mol. The number of halogens is 2. The predicted molar refractivity (Wildman–Crippen MR) is 52.5 cm³/mol. The molecule has 1 fully saturated rings. The zero-order chi connectivity index (χ0) is 9.42. The lowest BCUT2D eigenvalue weighted by Crippen LogP contribution is -1.98. The standard InChI is InChI=1S/C11H12ClF/c1-7(8-2-3-8)10-5-4-9(12)6-11(10)13/h4-8H,2-3H2,1H3/t7-/m1/s1. The zero-order valence-electron chi connectivity index (χ0n) is 7.56. The molecule has 0 bridgehead atoms. The zero-order valence-corrected chi connectivity index (χ0v) is 8.31. The Hall–Kier alpha value is -0.560. The highest BCUT2D eigenvalue weighted by molar-refractivity contribution is 6.30. The first-order chi connectivity index (χ1) is 6.18. The number of hydrogen-bond donors (Lipinski definition) is 0. The molecule has 1 aliphatic rings. The minimum absolute atomic E-state index is 0.160. The third kappa shape index (κ3) is 1.86. The Bertz CT molecular complexity index is 318. The lowest BCUT2D eigenvalue weighted by atomic mass is 9.96. The van der Waals surface area contributed by atoms with Gasteiger partial charge in [0.2, 0.25) is 0 Å². The smallest absolute Gasteiger partial charge is 0.128 e. The first-order valence-corrected chi connectivity index (χ1v) is 5.01. The molecule has 0 radical (unpaired) electrons. The maximum atomic E-state index is 13.4. The van der Waals surface area contributed by atoms with Gasteiger partial charge in [0, 0.05) is 5.02 Å². The fourth-order valence-electron chi connectivity index (χ4n) is 1.72. The molecule has 0 heterocycles. The Morgan fingerprint density at radius 3 is 2.69 bits per heavy atom. The molecule has 0 aromatic heterocycles. The van der Waals surface area contributed by atoms with E-state index in [-0.39, 0.29) is 5.82 Å². The Morgan fingerprint density at radius 2 is 2.15 bits per heavy atom. The van der Waals surface area contributed by atoms with Crippen LogP contribution in [0.25, 0.3) is 0 Å². The van der Waals surface area contributed by atoms with Crippen molar-refractivity contribution >= 4 is 11.6 Å². The first-order valence-electron chi connectivity index (χ1n) is 4.63. The summed E-state index contributed by atoms with van der Waals surface area (Å²) in [6.45, 7) is 2.09. The second kappa shape index (κ2) is 3.30. The van der Waals surface area contributed by atoms with E-state index in [9.17, 15) is 4.39 Å². The van der Waals surface area contributed by atoms with E-state index in [1.807, 2.05) is 0 Å². The molecule has 0 nitrogen and oxygen atoms in total. The van der Waals surface area contributed by atoms with Gasteiger partial charge >= 0.3 is 0 Å². The van der Waals surface area contributed by atoms with Crippen molar-refractivity contribution in [2.45, 2.75) is 25.7 Å². The Labute approximate surface area is 82.7 Å². The van der Waals surface area contributed by atoms with Gasteiger partial charge in [-0.25, -0.2) is 4.39 Å². The molecule has 1 saturated carbocycles. The van der Waals surface area contributed by atoms with E-state index in [1.165, 1.54) is 18.9 Å². The van der Waals surface area contributed by atoms with Crippen LogP contribution in [0, 0.1) is 11.7 Å². The van der Waals surface area contributed by atoms with Crippen LogP contribution in [0.2, 0.25) is 5.02 Å². The van der Waals surface area contributed by atoms with Gasteiger partial charge in [0.1, 0.15) is 5.82 Å². The minimum Gasteiger partial charge on any atom is -0.207 e. The summed E-state index contributed by atoms with van der Waals surface area (Å²) in [5.74, 6) is 0.875. The van der Waals surface area contributed by atoms with Crippen molar-refractivity contribution in [2.24, 2.45) is 5.92 Å². The topological polar surface area (TPSA) is 0 Å². The van der Waals surface area contributed by atoms with Gasteiger partial charge in [-0.05, 0) is 42.4 Å². The van der Waals surface area contributed by atoms with E-state index in [2.05, 4.69) is 6.92 Å². The summed E-state index contributed by atoms with van der Waals surface area (Å²) in [6, 6.07) is 4.97. The summed E-state index contributed by atoms with van der Waals surface area (Å²) in [6.07, 6.45) is 2.48. The molecule has 0 amide bonds. The predicted octanol–water partition coefficient (Wildman–Crippen LogP) is 3.99. The van der Waals surface area contributed by atoms with Crippen LogP contribution in [0.3, 0.4) is 0 Å². The van der Waals surface area contributed by atoms with Crippen LogP contribution in [0.15, 0.2) is 18.2 Å². The molecule has 1 atom stereocenters. The second-order valence-corrected chi connectivity index (χ2v) is 4.23. The van der Waals surface area contributed by atoms with Gasteiger partial charge in [0.05, 0.1) is 0 Å². The first kappa shape index (κ1) is 9.01. The minimum atomic E-state index is -0.160. The molecule has 2 rings (SSSR count). The molecule has 2 heteroatoms. The van der Waals surface area contributed by atoms with E-state index < -0.39 is 0 Å². The SMILES string of the molecule is C[C@@H](c1ccc(Cl)cc1F)C1CC1. The van der Waals surface area contributed by atoms with Crippen molar-refractivity contribution in [3.8, 4) is 0 Å². The molecular weight excluding hydrogens is 187 g/mol. The van der Waals surface area contributed by atoms with E-state index in [1.54, 1.807) is 12.1 Å². The maximum absolute atomic E-state index is 13.4. The van der Waals surface area contributed by atoms with Gasteiger partial charge in [-0.15, -0.1) is 0 Å². The molecule has 0 spiro atoms. The molecule has 0 N–H and O–H groups in total. The summed E-state index contributed by atoms with van der Waals surface area (Å²) in [5, 5.41) is 0.476. The van der Waals surface area contributed by atoms with Gasteiger partial charge in [0.25, 0.3) is 0 Å². The fourth-order valence-corrected chi connectivity index (χ4v) is 1.88. The summed E-state index contributed by atoms with van der Waals surface area (Å²) >= 11 is 5.68. The van der Waals surface area contributed by atoms with Crippen molar-refractivity contribution in [3.63, 3.8) is 0 Å².